The Hall–Kier alpha value is -2.66. The highest BCUT2D eigenvalue weighted by molar-refractivity contribution is 6.30. The number of H-pyrrole nitrogens is 1. The monoisotopic (exact) mass is 411 g/mol. The molecule has 1 heterocycles. The summed E-state index contributed by atoms with van der Waals surface area (Å²) in [6, 6.07) is 13.0. The van der Waals surface area contributed by atoms with Crippen molar-refractivity contribution in [2.24, 2.45) is 5.92 Å². The third kappa shape index (κ3) is 5.24. The zero-order valence-electron chi connectivity index (χ0n) is 16.8. The number of nitrogens with one attached hydrogen (secondary N) is 2. The normalized spacial score (nSPS) is 11.2. The number of hydrogen-bond acceptors (Lipinski definition) is 3. The molecule has 0 spiro atoms. The number of aromatic nitrogens is 2. The lowest BCUT2D eigenvalue weighted by Crippen LogP contribution is -2.23. The van der Waals surface area contributed by atoms with Crippen LogP contribution in [0.3, 0.4) is 0 Å². The predicted octanol–water partition coefficient (Wildman–Crippen LogP) is 5.32. The maximum Gasteiger partial charge on any atom is 0.272 e. The fourth-order valence-electron chi connectivity index (χ4n) is 3.58. The van der Waals surface area contributed by atoms with Gasteiger partial charge in [-0.25, -0.2) is 5.10 Å². The van der Waals surface area contributed by atoms with Gasteiger partial charge >= 0.3 is 0 Å². The number of halogens is 1. The van der Waals surface area contributed by atoms with Crippen molar-refractivity contribution in [2.45, 2.75) is 46.0 Å². The van der Waals surface area contributed by atoms with E-state index in [4.69, 9.17) is 11.6 Å². The van der Waals surface area contributed by atoms with Crippen LogP contribution in [0.4, 0.5) is 5.69 Å². The molecule has 0 aliphatic carbocycles. The minimum absolute atomic E-state index is 0.00288. The van der Waals surface area contributed by atoms with Crippen LogP contribution in [-0.4, -0.2) is 16.1 Å². The predicted molar refractivity (Wildman–Crippen MR) is 119 cm³/mol. The number of anilines is 1. The highest BCUT2D eigenvalue weighted by Gasteiger charge is 2.17. The van der Waals surface area contributed by atoms with Crippen molar-refractivity contribution in [2.75, 3.05) is 5.32 Å². The number of aromatic amines is 1. The van der Waals surface area contributed by atoms with E-state index in [0.717, 1.165) is 42.3 Å². The molecule has 6 heteroatoms. The maximum atomic E-state index is 12.6. The molecule has 3 rings (SSSR count). The molecule has 1 aromatic heterocycles. The van der Waals surface area contributed by atoms with Crippen LogP contribution < -0.4 is 10.9 Å². The van der Waals surface area contributed by atoms with Crippen molar-refractivity contribution in [1.82, 2.24) is 10.2 Å². The van der Waals surface area contributed by atoms with Gasteiger partial charge in [0.1, 0.15) is 0 Å². The molecule has 0 radical (unpaired) electrons. The Morgan fingerprint density at radius 3 is 2.41 bits per heavy atom. The van der Waals surface area contributed by atoms with E-state index in [1.807, 2.05) is 36.4 Å². The van der Waals surface area contributed by atoms with Gasteiger partial charge in [-0.05, 0) is 42.7 Å². The molecule has 2 N–H and O–H groups in total. The second-order valence-corrected chi connectivity index (χ2v) is 7.76. The third-order valence-corrected chi connectivity index (χ3v) is 5.32. The highest BCUT2D eigenvalue weighted by atomic mass is 35.5. The van der Waals surface area contributed by atoms with Crippen molar-refractivity contribution in [1.29, 1.82) is 0 Å². The highest BCUT2D eigenvalue weighted by Crippen LogP contribution is 2.23. The average molecular weight is 412 g/mol. The quantitative estimate of drug-likeness (QED) is 0.526. The Bertz CT molecular complexity index is 1040. The second-order valence-electron chi connectivity index (χ2n) is 7.33. The Morgan fingerprint density at radius 1 is 1.07 bits per heavy atom. The summed E-state index contributed by atoms with van der Waals surface area (Å²) in [6.07, 6.45) is 4.24. The van der Waals surface area contributed by atoms with Gasteiger partial charge in [0.15, 0.2) is 0 Å². The molecule has 2 aromatic carbocycles. The van der Waals surface area contributed by atoms with Crippen LogP contribution in [0.2, 0.25) is 5.02 Å². The summed E-state index contributed by atoms with van der Waals surface area (Å²) < 4.78 is 0. The van der Waals surface area contributed by atoms with Crippen LogP contribution in [0.25, 0.3) is 10.8 Å². The molecule has 29 heavy (non-hydrogen) atoms. The summed E-state index contributed by atoms with van der Waals surface area (Å²) in [5.41, 5.74) is 2.19. The van der Waals surface area contributed by atoms with E-state index in [9.17, 15) is 9.59 Å². The van der Waals surface area contributed by atoms with E-state index < -0.39 is 0 Å². The zero-order valence-corrected chi connectivity index (χ0v) is 17.6. The van der Waals surface area contributed by atoms with Crippen molar-refractivity contribution in [3.8, 4) is 0 Å². The third-order valence-electron chi connectivity index (χ3n) is 5.06. The van der Waals surface area contributed by atoms with Crippen LogP contribution in [0.15, 0.2) is 47.3 Å². The average Bonchev–Trinajstić information content (AvgIpc) is 2.71. The minimum Gasteiger partial charge on any atom is -0.326 e. The molecule has 0 saturated carbocycles. The van der Waals surface area contributed by atoms with Crippen LogP contribution in [0, 0.1) is 5.92 Å². The fourth-order valence-corrected chi connectivity index (χ4v) is 3.70. The molecule has 0 atom stereocenters. The van der Waals surface area contributed by atoms with E-state index in [1.54, 1.807) is 6.07 Å². The van der Waals surface area contributed by atoms with Gasteiger partial charge in [0.25, 0.3) is 5.56 Å². The molecule has 0 aliphatic heterocycles. The lowest BCUT2D eigenvalue weighted by molar-refractivity contribution is -0.120. The molecule has 152 valence electrons. The van der Waals surface area contributed by atoms with E-state index >= 15 is 0 Å². The molecular weight excluding hydrogens is 386 g/mol. The van der Waals surface area contributed by atoms with Crippen molar-refractivity contribution < 1.29 is 4.79 Å². The minimum atomic E-state index is -0.269. The van der Waals surface area contributed by atoms with Gasteiger partial charge in [0.2, 0.25) is 5.91 Å². The van der Waals surface area contributed by atoms with E-state index in [2.05, 4.69) is 29.4 Å². The Balaban J connectivity index is 1.87. The number of carbonyl (C=O) groups is 1. The number of nitrogens with zero attached hydrogens (tertiary/aromatic N) is 1. The number of hydrogen-bond donors (Lipinski definition) is 2. The molecule has 0 aliphatic rings. The number of fused-ring (bicyclic) bond motifs is 1. The summed E-state index contributed by atoms with van der Waals surface area (Å²) >= 11 is 5.95. The number of carbonyl (C=O) groups excluding carboxylic acids is 1. The number of rotatable bonds is 8. The zero-order chi connectivity index (χ0) is 20.8. The molecule has 0 unspecified atom stereocenters. The van der Waals surface area contributed by atoms with Gasteiger partial charge in [-0.1, -0.05) is 56.5 Å². The maximum absolute atomic E-state index is 12.6. The topological polar surface area (TPSA) is 74.8 Å². The van der Waals surface area contributed by atoms with Gasteiger partial charge in [-0.3, -0.25) is 9.59 Å². The van der Waals surface area contributed by atoms with Crippen LogP contribution in [0.5, 0.6) is 0 Å². The standard InChI is InChI=1S/C23H26ClN3O2/c1-3-5-16(6-4-2)22(28)25-18-11-12-19-20(14-18)23(29)27-26-21(19)13-15-7-9-17(24)10-8-15/h7-12,14,16H,3-6,13H2,1-2H3,(H,25,28)(H,27,29). The van der Waals surface area contributed by atoms with Crippen LogP contribution in [-0.2, 0) is 11.2 Å². The van der Waals surface area contributed by atoms with E-state index in [0.29, 0.717) is 22.5 Å². The summed E-state index contributed by atoms with van der Waals surface area (Å²) in [6.45, 7) is 4.17. The lowest BCUT2D eigenvalue weighted by atomic mass is 9.97. The molecule has 0 bridgehead atoms. The molecular formula is C23H26ClN3O2. The van der Waals surface area contributed by atoms with Gasteiger partial charge in [-0.15, -0.1) is 0 Å². The van der Waals surface area contributed by atoms with E-state index in [1.165, 1.54) is 0 Å². The first kappa shape index (κ1) is 21.1. The first-order valence-electron chi connectivity index (χ1n) is 10.1. The lowest BCUT2D eigenvalue weighted by Gasteiger charge is -2.15. The molecule has 0 saturated heterocycles. The van der Waals surface area contributed by atoms with Crippen LogP contribution in [0.1, 0.15) is 50.8 Å². The van der Waals surface area contributed by atoms with Gasteiger partial charge < -0.3 is 5.32 Å². The number of benzene rings is 2. The van der Waals surface area contributed by atoms with Gasteiger partial charge in [0.05, 0.1) is 11.1 Å². The molecule has 1 amide bonds. The SMILES string of the molecule is CCCC(CCC)C(=O)Nc1ccc2c(Cc3ccc(Cl)cc3)n[nH]c(=O)c2c1. The summed E-state index contributed by atoms with van der Waals surface area (Å²) in [4.78, 5) is 25.0. The molecule has 0 fully saturated rings. The summed E-state index contributed by atoms with van der Waals surface area (Å²) in [5.74, 6) is 0.0109. The second kappa shape index (κ2) is 9.70. The first-order chi connectivity index (χ1) is 14.0. The van der Waals surface area contributed by atoms with Gasteiger partial charge in [-0.2, -0.15) is 5.10 Å². The van der Waals surface area contributed by atoms with Crippen LogP contribution >= 0.6 is 11.6 Å². The first-order valence-corrected chi connectivity index (χ1v) is 10.5. The van der Waals surface area contributed by atoms with Crippen molar-refractivity contribution in [3.63, 3.8) is 0 Å². The summed E-state index contributed by atoms with van der Waals surface area (Å²) in [5, 5.41) is 11.8. The number of amides is 1. The Labute approximate surface area is 175 Å². The molecule has 3 aromatic rings. The van der Waals surface area contributed by atoms with E-state index in [-0.39, 0.29) is 17.4 Å². The smallest absolute Gasteiger partial charge is 0.272 e. The van der Waals surface area contributed by atoms with Crippen molar-refractivity contribution in [3.05, 3.63) is 69.1 Å². The Kier molecular flexibility index (Phi) is 7.04. The van der Waals surface area contributed by atoms with Gasteiger partial charge in [0, 0.05) is 28.4 Å². The fraction of sp³-hybridized carbons (Fsp3) is 0.348. The van der Waals surface area contributed by atoms with Crippen molar-refractivity contribution >= 4 is 34.0 Å². The molecule has 5 nitrogen and oxygen atoms in total. The Morgan fingerprint density at radius 2 is 1.76 bits per heavy atom. The summed E-state index contributed by atoms with van der Waals surface area (Å²) in [7, 11) is 0. The largest absolute Gasteiger partial charge is 0.326 e.